The highest BCUT2D eigenvalue weighted by Gasteiger charge is 2.14. The molecule has 2 heterocycles. The van der Waals surface area contributed by atoms with E-state index < -0.39 is 0 Å². The molecule has 0 fully saturated rings. The van der Waals surface area contributed by atoms with Gasteiger partial charge in [0.25, 0.3) is 0 Å². The fourth-order valence-corrected chi connectivity index (χ4v) is 3.85. The smallest absolute Gasteiger partial charge is 0.230 e. The van der Waals surface area contributed by atoms with Crippen molar-refractivity contribution in [1.29, 1.82) is 0 Å². The number of thiazole rings is 1. The van der Waals surface area contributed by atoms with Crippen LogP contribution in [0.4, 0.5) is 0 Å². The van der Waals surface area contributed by atoms with E-state index in [1.165, 1.54) is 0 Å². The predicted molar refractivity (Wildman–Crippen MR) is 98.7 cm³/mol. The van der Waals surface area contributed by atoms with Crippen LogP contribution in [0.25, 0.3) is 11.3 Å². The second-order valence-electron chi connectivity index (χ2n) is 5.84. The Morgan fingerprint density at radius 3 is 2.91 bits per heavy atom. The molecule has 1 atom stereocenters. The van der Waals surface area contributed by atoms with Gasteiger partial charge in [0.05, 0.1) is 17.5 Å². The van der Waals surface area contributed by atoms with Gasteiger partial charge in [-0.15, -0.1) is 11.3 Å². The van der Waals surface area contributed by atoms with Gasteiger partial charge in [-0.05, 0) is 37.1 Å². The Bertz CT molecular complexity index is 613. The number of aromatic nitrogens is 2. The second-order valence-corrected chi connectivity index (χ2v) is 7.83. The normalized spacial score (nSPS) is 12.3. The number of hydrogen-bond donors (Lipinski definition) is 1. The summed E-state index contributed by atoms with van der Waals surface area (Å²) in [5.41, 5.74) is 1.91. The lowest BCUT2D eigenvalue weighted by Crippen LogP contribution is -2.28. The number of carbonyl (C=O) groups excluding carboxylic acids is 1. The Balaban J connectivity index is 1.83. The molecule has 2 aromatic rings. The topological polar surface area (TPSA) is 54.9 Å². The number of nitrogens with one attached hydrogen (secondary N) is 1. The third-order valence-corrected chi connectivity index (χ3v) is 5.32. The molecule has 0 bridgehead atoms. The van der Waals surface area contributed by atoms with Crippen molar-refractivity contribution in [3.63, 3.8) is 0 Å². The number of amides is 1. The van der Waals surface area contributed by atoms with Gasteiger partial charge in [0.2, 0.25) is 5.91 Å². The van der Waals surface area contributed by atoms with E-state index in [2.05, 4.69) is 29.1 Å². The first-order valence-electron chi connectivity index (χ1n) is 7.79. The van der Waals surface area contributed by atoms with Crippen LogP contribution in [-0.2, 0) is 4.79 Å². The van der Waals surface area contributed by atoms with Crippen molar-refractivity contribution < 1.29 is 4.79 Å². The molecule has 0 aromatic carbocycles. The largest absolute Gasteiger partial charge is 0.346 e. The molecule has 0 aliphatic carbocycles. The van der Waals surface area contributed by atoms with Gasteiger partial charge >= 0.3 is 0 Å². The highest BCUT2D eigenvalue weighted by Crippen LogP contribution is 2.24. The van der Waals surface area contributed by atoms with E-state index in [0.717, 1.165) is 28.4 Å². The van der Waals surface area contributed by atoms with E-state index in [9.17, 15) is 4.79 Å². The molecule has 0 saturated heterocycles. The van der Waals surface area contributed by atoms with Crippen LogP contribution in [0.2, 0.25) is 0 Å². The van der Waals surface area contributed by atoms with Crippen LogP contribution in [0, 0.1) is 5.92 Å². The van der Waals surface area contributed by atoms with Gasteiger partial charge in [-0.1, -0.05) is 13.8 Å². The summed E-state index contributed by atoms with van der Waals surface area (Å²) in [7, 11) is 0. The molecule has 0 radical (unpaired) electrons. The van der Waals surface area contributed by atoms with Crippen molar-refractivity contribution in [2.45, 2.75) is 33.2 Å². The lowest BCUT2D eigenvalue weighted by atomic mass is 10.2. The van der Waals surface area contributed by atoms with Gasteiger partial charge in [-0.25, -0.2) is 4.98 Å². The molecule has 0 saturated carbocycles. The van der Waals surface area contributed by atoms with Crippen LogP contribution in [0.3, 0.4) is 0 Å². The number of rotatable bonds is 8. The van der Waals surface area contributed by atoms with Gasteiger partial charge in [0.15, 0.2) is 0 Å². The van der Waals surface area contributed by atoms with Crippen LogP contribution in [0.5, 0.6) is 0 Å². The fourth-order valence-electron chi connectivity index (χ4n) is 1.96. The first-order chi connectivity index (χ1) is 11.1. The van der Waals surface area contributed by atoms with Crippen molar-refractivity contribution >= 4 is 29.0 Å². The molecular formula is C17H23N3OS2. The molecule has 23 heavy (non-hydrogen) atoms. The number of pyridine rings is 1. The zero-order chi connectivity index (χ0) is 16.7. The Hall–Kier alpha value is -1.40. The molecule has 0 aliphatic rings. The highest BCUT2D eigenvalue weighted by molar-refractivity contribution is 7.99. The summed E-state index contributed by atoms with van der Waals surface area (Å²) in [6.45, 7) is 6.37. The van der Waals surface area contributed by atoms with Crippen molar-refractivity contribution in [2.75, 3.05) is 11.5 Å². The average Bonchev–Trinajstić information content (AvgIpc) is 3.02. The minimum Gasteiger partial charge on any atom is -0.346 e. The Labute approximate surface area is 146 Å². The predicted octanol–water partition coefficient (Wildman–Crippen LogP) is 4.16. The van der Waals surface area contributed by atoms with E-state index in [-0.39, 0.29) is 11.9 Å². The average molecular weight is 350 g/mol. The van der Waals surface area contributed by atoms with E-state index in [1.807, 2.05) is 24.4 Å². The summed E-state index contributed by atoms with van der Waals surface area (Å²) in [4.78, 5) is 20.7. The number of hydrogen-bond acceptors (Lipinski definition) is 5. The zero-order valence-corrected chi connectivity index (χ0v) is 15.4. The van der Waals surface area contributed by atoms with Crippen molar-refractivity contribution in [3.05, 3.63) is 34.9 Å². The lowest BCUT2D eigenvalue weighted by Gasteiger charge is -2.11. The fraction of sp³-hybridized carbons (Fsp3) is 0.471. The number of carbonyl (C=O) groups is 1. The SMILES string of the molecule is CC(C)CCSCC(=O)NC(C)c1nc(-c2cccnc2)cs1. The zero-order valence-electron chi connectivity index (χ0n) is 13.8. The van der Waals surface area contributed by atoms with Gasteiger partial charge in [0.1, 0.15) is 5.01 Å². The van der Waals surface area contributed by atoms with Crippen molar-refractivity contribution in [2.24, 2.45) is 5.92 Å². The summed E-state index contributed by atoms with van der Waals surface area (Å²) < 4.78 is 0. The molecule has 0 aliphatic heterocycles. The number of thioether (sulfide) groups is 1. The van der Waals surface area contributed by atoms with Crippen molar-refractivity contribution in [1.82, 2.24) is 15.3 Å². The van der Waals surface area contributed by atoms with E-state index >= 15 is 0 Å². The van der Waals surface area contributed by atoms with Crippen LogP contribution < -0.4 is 5.32 Å². The summed E-state index contributed by atoms with van der Waals surface area (Å²) in [6, 6.07) is 3.82. The molecule has 6 heteroatoms. The minimum absolute atomic E-state index is 0.0661. The number of nitrogens with zero attached hydrogens (tertiary/aromatic N) is 2. The van der Waals surface area contributed by atoms with Crippen molar-refractivity contribution in [3.8, 4) is 11.3 Å². The van der Waals surface area contributed by atoms with Gasteiger partial charge in [-0.2, -0.15) is 11.8 Å². The molecule has 124 valence electrons. The van der Waals surface area contributed by atoms with E-state index in [1.54, 1.807) is 35.5 Å². The monoisotopic (exact) mass is 349 g/mol. The second kappa shape index (κ2) is 9.03. The Kier molecular flexibility index (Phi) is 7.05. The standard InChI is InChI=1S/C17H23N3OS2/c1-12(2)6-8-22-11-16(21)19-13(3)17-20-15(10-23-17)14-5-4-7-18-9-14/h4-5,7,9-10,12-13H,6,8,11H2,1-3H3,(H,19,21). The maximum absolute atomic E-state index is 12.0. The molecule has 1 unspecified atom stereocenters. The Morgan fingerprint density at radius 1 is 1.39 bits per heavy atom. The first kappa shape index (κ1) is 17.9. The molecule has 4 nitrogen and oxygen atoms in total. The summed E-state index contributed by atoms with van der Waals surface area (Å²) in [5.74, 6) is 2.30. The lowest BCUT2D eigenvalue weighted by molar-refractivity contribution is -0.119. The molecule has 2 rings (SSSR count). The first-order valence-corrected chi connectivity index (χ1v) is 9.82. The maximum Gasteiger partial charge on any atom is 0.230 e. The van der Waals surface area contributed by atoms with E-state index in [0.29, 0.717) is 11.7 Å². The third-order valence-electron chi connectivity index (χ3n) is 3.30. The summed E-state index contributed by atoms with van der Waals surface area (Å²) in [5, 5.41) is 5.95. The van der Waals surface area contributed by atoms with Crippen LogP contribution in [0.1, 0.15) is 38.2 Å². The van der Waals surface area contributed by atoms with Crippen LogP contribution in [0.15, 0.2) is 29.9 Å². The molecule has 0 spiro atoms. The highest BCUT2D eigenvalue weighted by atomic mass is 32.2. The minimum atomic E-state index is -0.0661. The molecule has 2 aromatic heterocycles. The van der Waals surface area contributed by atoms with Gasteiger partial charge < -0.3 is 5.32 Å². The molecular weight excluding hydrogens is 326 g/mol. The van der Waals surface area contributed by atoms with Crippen LogP contribution >= 0.6 is 23.1 Å². The molecule has 1 amide bonds. The van der Waals surface area contributed by atoms with Gasteiger partial charge in [-0.3, -0.25) is 9.78 Å². The van der Waals surface area contributed by atoms with Crippen LogP contribution in [-0.4, -0.2) is 27.4 Å². The Morgan fingerprint density at radius 2 is 2.22 bits per heavy atom. The summed E-state index contributed by atoms with van der Waals surface area (Å²) >= 11 is 3.26. The quantitative estimate of drug-likeness (QED) is 0.727. The third kappa shape index (κ3) is 5.95. The summed E-state index contributed by atoms with van der Waals surface area (Å²) in [6.07, 6.45) is 4.69. The maximum atomic E-state index is 12.0. The van der Waals surface area contributed by atoms with Gasteiger partial charge in [0, 0.05) is 23.3 Å². The van der Waals surface area contributed by atoms with E-state index in [4.69, 9.17) is 0 Å². The molecule has 1 N–H and O–H groups in total.